The molecule has 98 valence electrons. The summed E-state index contributed by atoms with van der Waals surface area (Å²) >= 11 is 0. The Balaban J connectivity index is 2.39. The summed E-state index contributed by atoms with van der Waals surface area (Å²) < 4.78 is 0. The lowest BCUT2D eigenvalue weighted by Crippen LogP contribution is -2.42. The smallest absolute Gasteiger partial charge is 0.254 e. The van der Waals surface area contributed by atoms with Crippen LogP contribution in [0.1, 0.15) is 56.1 Å². The average molecular weight is 245 g/mol. The van der Waals surface area contributed by atoms with Crippen molar-refractivity contribution in [3.05, 3.63) is 34.9 Å². The van der Waals surface area contributed by atoms with Crippen molar-refractivity contribution in [3.63, 3.8) is 0 Å². The number of hydrogen-bond acceptors (Lipinski definition) is 1. The largest absolute Gasteiger partial charge is 0.336 e. The number of hydrogen-bond donors (Lipinski definition) is 0. The van der Waals surface area contributed by atoms with Gasteiger partial charge in [0, 0.05) is 18.2 Å². The van der Waals surface area contributed by atoms with E-state index in [-0.39, 0.29) is 17.4 Å². The van der Waals surface area contributed by atoms with Crippen LogP contribution >= 0.6 is 0 Å². The van der Waals surface area contributed by atoms with Crippen molar-refractivity contribution in [3.8, 4) is 0 Å². The highest BCUT2D eigenvalue weighted by molar-refractivity contribution is 5.97. The summed E-state index contributed by atoms with van der Waals surface area (Å²) in [6.07, 6.45) is 0.975. The predicted octanol–water partition coefficient (Wildman–Crippen LogP) is 3.39. The molecule has 0 N–H and O–H groups in total. The topological polar surface area (TPSA) is 20.3 Å². The van der Waals surface area contributed by atoms with Gasteiger partial charge >= 0.3 is 0 Å². The summed E-state index contributed by atoms with van der Waals surface area (Å²) in [4.78, 5) is 14.3. The molecule has 18 heavy (non-hydrogen) atoms. The lowest BCUT2D eigenvalue weighted by atomic mass is 9.84. The molecule has 2 heteroatoms. The number of carbonyl (C=O) groups excluding carboxylic acids is 1. The van der Waals surface area contributed by atoms with Gasteiger partial charge in [-0.15, -0.1) is 0 Å². The van der Waals surface area contributed by atoms with Gasteiger partial charge in [-0.1, -0.05) is 32.9 Å². The SMILES string of the molecule is CC(C)N1CCc2cc(C(C)(C)C)ccc2C1=O. The van der Waals surface area contributed by atoms with Gasteiger partial charge in [-0.3, -0.25) is 4.79 Å². The predicted molar refractivity (Wildman–Crippen MR) is 75.0 cm³/mol. The van der Waals surface area contributed by atoms with E-state index in [4.69, 9.17) is 0 Å². The Hall–Kier alpha value is -1.31. The normalized spacial score (nSPS) is 16.1. The van der Waals surface area contributed by atoms with Crippen molar-refractivity contribution in [2.24, 2.45) is 0 Å². The Morgan fingerprint density at radius 2 is 1.89 bits per heavy atom. The van der Waals surface area contributed by atoms with E-state index < -0.39 is 0 Å². The summed E-state index contributed by atoms with van der Waals surface area (Å²) in [5.41, 5.74) is 3.56. The molecule has 0 saturated carbocycles. The summed E-state index contributed by atoms with van der Waals surface area (Å²) in [6.45, 7) is 11.6. The molecule has 0 bridgehead atoms. The Morgan fingerprint density at radius 1 is 1.22 bits per heavy atom. The molecule has 0 aromatic heterocycles. The zero-order chi connectivity index (χ0) is 13.5. The molecule has 1 aliphatic rings. The lowest BCUT2D eigenvalue weighted by molar-refractivity contribution is 0.0688. The number of rotatable bonds is 1. The Morgan fingerprint density at radius 3 is 2.44 bits per heavy atom. The number of carbonyl (C=O) groups is 1. The van der Waals surface area contributed by atoms with Crippen LogP contribution in [0.5, 0.6) is 0 Å². The molecular weight excluding hydrogens is 222 g/mol. The van der Waals surface area contributed by atoms with Gasteiger partial charge < -0.3 is 4.90 Å². The maximum Gasteiger partial charge on any atom is 0.254 e. The highest BCUT2D eigenvalue weighted by Crippen LogP contribution is 2.28. The van der Waals surface area contributed by atoms with Crippen LogP contribution in [0.15, 0.2) is 18.2 Å². The number of nitrogens with zero attached hydrogens (tertiary/aromatic N) is 1. The summed E-state index contributed by atoms with van der Waals surface area (Å²) in [7, 11) is 0. The van der Waals surface area contributed by atoms with Crippen molar-refractivity contribution in [2.75, 3.05) is 6.54 Å². The number of amides is 1. The van der Waals surface area contributed by atoms with Crippen LogP contribution in [0.3, 0.4) is 0 Å². The van der Waals surface area contributed by atoms with E-state index in [0.29, 0.717) is 0 Å². The molecular formula is C16H23NO. The molecule has 1 amide bonds. The fourth-order valence-corrected chi connectivity index (χ4v) is 2.47. The number of fused-ring (bicyclic) bond motifs is 1. The minimum absolute atomic E-state index is 0.146. The van der Waals surface area contributed by atoms with Crippen LogP contribution in [-0.2, 0) is 11.8 Å². The van der Waals surface area contributed by atoms with Crippen LogP contribution in [-0.4, -0.2) is 23.4 Å². The van der Waals surface area contributed by atoms with Crippen LogP contribution in [0, 0.1) is 0 Å². The van der Waals surface area contributed by atoms with Crippen molar-refractivity contribution < 1.29 is 4.79 Å². The van der Waals surface area contributed by atoms with E-state index in [2.05, 4.69) is 46.8 Å². The highest BCUT2D eigenvalue weighted by Gasteiger charge is 2.27. The Labute approximate surface area is 110 Å². The quantitative estimate of drug-likeness (QED) is 0.742. The van der Waals surface area contributed by atoms with E-state index in [9.17, 15) is 4.79 Å². The zero-order valence-electron chi connectivity index (χ0n) is 12.1. The van der Waals surface area contributed by atoms with Crippen molar-refractivity contribution in [2.45, 2.75) is 52.5 Å². The van der Waals surface area contributed by atoms with E-state index in [0.717, 1.165) is 18.5 Å². The fraction of sp³-hybridized carbons (Fsp3) is 0.562. The maximum atomic E-state index is 12.3. The van der Waals surface area contributed by atoms with Gasteiger partial charge in [-0.25, -0.2) is 0 Å². The lowest BCUT2D eigenvalue weighted by Gasteiger charge is -2.32. The summed E-state index contributed by atoms with van der Waals surface area (Å²) in [6, 6.07) is 6.60. The third kappa shape index (κ3) is 2.29. The molecule has 0 fully saturated rings. The second-order valence-electron chi connectivity index (χ2n) is 6.46. The van der Waals surface area contributed by atoms with Gasteiger partial charge in [0.1, 0.15) is 0 Å². The van der Waals surface area contributed by atoms with E-state index >= 15 is 0 Å². The molecule has 1 aromatic rings. The molecule has 0 saturated heterocycles. The molecule has 0 unspecified atom stereocenters. The molecule has 0 aliphatic carbocycles. The summed E-state index contributed by atoms with van der Waals surface area (Å²) in [5, 5.41) is 0. The van der Waals surface area contributed by atoms with E-state index in [1.54, 1.807) is 0 Å². The van der Waals surface area contributed by atoms with Gasteiger partial charge in [0.25, 0.3) is 5.91 Å². The minimum atomic E-state index is 0.146. The third-order valence-corrected chi connectivity index (χ3v) is 3.71. The van der Waals surface area contributed by atoms with Gasteiger partial charge in [0.2, 0.25) is 0 Å². The maximum absolute atomic E-state index is 12.3. The fourth-order valence-electron chi connectivity index (χ4n) is 2.47. The molecule has 0 spiro atoms. The van der Waals surface area contributed by atoms with Gasteiger partial charge in [0.05, 0.1) is 0 Å². The van der Waals surface area contributed by atoms with Crippen molar-refractivity contribution in [1.29, 1.82) is 0 Å². The number of benzene rings is 1. The first kappa shape index (κ1) is 13.1. The molecule has 1 aliphatic heterocycles. The van der Waals surface area contributed by atoms with Crippen LogP contribution in [0.25, 0.3) is 0 Å². The van der Waals surface area contributed by atoms with Crippen LogP contribution in [0.4, 0.5) is 0 Å². The summed E-state index contributed by atoms with van der Waals surface area (Å²) in [5.74, 6) is 0.187. The average Bonchev–Trinajstić information content (AvgIpc) is 2.27. The molecule has 1 aromatic carbocycles. The van der Waals surface area contributed by atoms with Crippen molar-refractivity contribution >= 4 is 5.91 Å². The van der Waals surface area contributed by atoms with Crippen LogP contribution in [0.2, 0.25) is 0 Å². The second-order valence-corrected chi connectivity index (χ2v) is 6.46. The minimum Gasteiger partial charge on any atom is -0.336 e. The monoisotopic (exact) mass is 245 g/mol. The standard InChI is InChI=1S/C16H23NO/c1-11(2)17-9-8-12-10-13(16(3,4)5)6-7-14(12)15(17)18/h6-7,10-11H,8-9H2,1-5H3. The Kier molecular flexibility index (Phi) is 3.22. The molecule has 2 nitrogen and oxygen atoms in total. The Bertz CT molecular complexity index is 468. The second kappa shape index (κ2) is 4.42. The molecule has 1 heterocycles. The van der Waals surface area contributed by atoms with Crippen molar-refractivity contribution in [1.82, 2.24) is 4.90 Å². The third-order valence-electron chi connectivity index (χ3n) is 3.71. The van der Waals surface area contributed by atoms with Crippen LogP contribution < -0.4 is 0 Å². The van der Waals surface area contributed by atoms with E-state index in [1.165, 1.54) is 11.1 Å². The molecule has 0 radical (unpaired) electrons. The molecule has 2 rings (SSSR count). The van der Waals surface area contributed by atoms with Gasteiger partial charge in [-0.2, -0.15) is 0 Å². The van der Waals surface area contributed by atoms with Gasteiger partial charge in [0.15, 0.2) is 0 Å². The zero-order valence-corrected chi connectivity index (χ0v) is 12.1. The first-order chi connectivity index (χ1) is 8.30. The highest BCUT2D eigenvalue weighted by atomic mass is 16.2. The first-order valence-electron chi connectivity index (χ1n) is 6.75. The molecule has 0 atom stereocenters. The van der Waals surface area contributed by atoms with Gasteiger partial charge in [-0.05, 0) is 42.9 Å². The first-order valence-corrected chi connectivity index (χ1v) is 6.75. The van der Waals surface area contributed by atoms with E-state index in [1.807, 2.05) is 11.0 Å².